The first-order chi connectivity index (χ1) is 17.6. The van der Waals surface area contributed by atoms with Gasteiger partial charge in [0, 0.05) is 29.3 Å². The summed E-state index contributed by atoms with van der Waals surface area (Å²) in [5, 5.41) is 10.8. The molecule has 0 aliphatic rings. The Kier molecular flexibility index (Phi) is 6.02. The molecular weight excluding hydrogens is 540 g/mol. The van der Waals surface area contributed by atoms with Crippen molar-refractivity contribution in [2.75, 3.05) is 0 Å². The topological polar surface area (TPSA) is 142 Å². The fourth-order valence-corrected chi connectivity index (χ4v) is 6.46. The molecule has 0 saturated heterocycles. The molecule has 2 aromatic heterocycles. The second-order valence-corrected chi connectivity index (χ2v) is 11.8. The molecule has 0 atom stereocenters. The summed E-state index contributed by atoms with van der Waals surface area (Å²) in [7, 11) is -8.28. The quantitative estimate of drug-likeness (QED) is 0.166. The molecule has 5 rings (SSSR count). The van der Waals surface area contributed by atoms with Crippen LogP contribution in [0.15, 0.2) is 106 Å². The van der Waals surface area contributed by atoms with E-state index in [2.05, 4.69) is 9.97 Å². The lowest BCUT2D eigenvalue weighted by Crippen LogP contribution is -2.11. The minimum Gasteiger partial charge on any atom is -0.258 e. The van der Waals surface area contributed by atoms with Gasteiger partial charge in [-0.25, -0.2) is 30.8 Å². The largest absolute Gasteiger partial charge is 0.269 e. The van der Waals surface area contributed by atoms with Crippen LogP contribution >= 0.6 is 11.6 Å². The Bertz CT molecular complexity index is 1890. The second kappa shape index (κ2) is 9.07. The Morgan fingerprint density at radius 1 is 0.838 bits per heavy atom. The maximum absolute atomic E-state index is 13.4. The lowest BCUT2D eigenvalue weighted by Gasteiger charge is -2.07. The van der Waals surface area contributed by atoms with Gasteiger partial charge in [-0.15, -0.1) is 0 Å². The Morgan fingerprint density at radius 2 is 1.49 bits per heavy atom. The zero-order valence-electron chi connectivity index (χ0n) is 18.6. The van der Waals surface area contributed by atoms with Gasteiger partial charge in [0.1, 0.15) is 0 Å². The molecule has 0 unspecified atom stereocenters. The van der Waals surface area contributed by atoms with E-state index in [9.17, 15) is 26.9 Å². The number of sulfone groups is 1. The fourth-order valence-electron chi connectivity index (χ4n) is 3.77. The standard InChI is InChI=1S/C24H15ClN4O6S2/c25-21-14-26-24(36(32,33)17-12-10-16(11-13-17)29(30)31)27-23(21)20-15-28(22-9-5-4-8-19(20)22)37(34,35)18-6-2-1-3-7-18/h1-15H. The molecule has 0 radical (unpaired) electrons. The first kappa shape index (κ1) is 24.6. The SMILES string of the molecule is O=[N+]([O-])c1ccc(S(=O)(=O)c2ncc(Cl)c(-c3cn(S(=O)(=O)c4ccccc4)c4ccccc34)n2)cc1. The maximum Gasteiger partial charge on any atom is 0.269 e. The van der Waals surface area contributed by atoms with E-state index in [0.29, 0.717) is 10.9 Å². The van der Waals surface area contributed by atoms with Crippen LogP contribution in [0.25, 0.3) is 22.2 Å². The third-order valence-corrected chi connectivity index (χ3v) is 9.09. The summed E-state index contributed by atoms with van der Waals surface area (Å²) in [6.45, 7) is 0. The number of para-hydroxylation sites is 1. The lowest BCUT2D eigenvalue weighted by molar-refractivity contribution is -0.384. The Labute approximate surface area is 215 Å². The average Bonchev–Trinajstić information content (AvgIpc) is 3.30. The summed E-state index contributed by atoms with van der Waals surface area (Å²) in [6, 6.07) is 18.8. The molecule has 0 aliphatic heterocycles. The van der Waals surface area contributed by atoms with Gasteiger partial charge in [0.05, 0.1) is 37.1 Å². The highest BCUT2D eigenvalue weighted by atomic mass is 35.5. The van der Waals surface area contributed by atoms with Crippen molar-refractivity contribution in [3.8, 4) is 11.3 Å². The number of nitro groups is 1. The number of benzene rings is 3. The van der Waals surface area contributed by atoms with Crippen LogP contribution in [-0.2, 0) is 19.9 Å². The number of halogens is 1. The Hall–Kier alpha value is -4.13. The van der Waals surface area contributed by atoms with E-state index in [1.165, 1.54) is 18.3 Å². The van der Waals surface area contributed by atoms with Crippen LogP contribution in [0.3, 0.4) is 0 Å². The highest BCUT2D eigenvalue weighted by molar-refractivity contribution is 7.91. The van der Waals surface area contributed by atoms with Gasteiger partial charge in [0.15, 0.2) is 0 Å². The van der Waals surface area contributed by atoms with Crippen molar-refractivity contribution >= 4 is 48.1 Å². The van der Waals surface area contributed by atoms with Crippen molar-refractivity contribution in [1.29, 1.82) is 0 Å². The highest BCUT2D eigenvalue weighted by Crippen LogP contribution is 2.36. The number of non-ortho nitro benzene ring substituents is 1. The number of nitro benzene ring substituents is 1. The van der Waals surface area contributed by atoms with Crippen molar-refractivity contribution in [2.45, 2.75) is 14.9 Å². The van der Waals surface area contributed by atoms with E-state index in [-0.39, 0.29) is 31.8 Å². The molecule has 3 aromatic carbocycles. The fraction of sp³-hybridized carbons (Fsp3) is 0. The summed E-state index contributed by atoms with van der Waals surface area (Å²) < 4.78 is 54.3. The third kappa shape index (κ3) is 4.24. The van der Waals surface area contributed by atoms with Crippen LogP contribution in [0.5, 0.6) is 0 Å². The van der Waals surface area contributed by atoms with E-state index >= 15 is 0 Å². The second-order valence-electron chi connectivity index (χ2n) is 7.78. The zero-order chi connectivity index (χ0) is 26.4. The predicted octanol–water partition coefficient (Wildman–Crippen LogP) is 4.73. The Balaban J connectivity index is 1.68. The van der Waals surface area contributed by atoms with Gasteiger partial charge in [0.25, 0.3) is 20.9 Å². The molecule has 0 N–H and O–H groups in total. The number of aromatic nitrogens is 3. The molecule has 0 amide bonds. The molecule has 13 heteroatoms. The van der Waals surface area contributed by atoms with Gasteiger partial charge < -0.3 is 0 Å². The smallest absolute Gasteiger partial charge is 0.258 e. The minimum absolute atomic E-state index is 0.00246. The van der Waals surface area contributed by atoms with Gasteiger partial charge in [0.2, 0.25) is 9.84 Å². The van der Waals surface area contributed by atoms with Crippen LogP contribution < -0.4 is 0 Å². The number of hydrogen-bond donors (Lipinski definition) is 0. The molecule has 5 aromatic rings. The number of fused-ring (bicyclic) bond motifs is 1. The summed E-state index contributed by atoms with van der Waals surface area (Å²) >= 11 is 6.37. The van der Waals surface area contributed by atoms with Crippen molar-refractivity contribution in [2.24, 2.45) is 0 Å². The molecule has 2 heterocycles. The molecule has 0 spiro atoms. The maximum atomic E-state index is 13.4. The molecule has 0 saturated carbocycles. The first-order valence-corrected chi connectivity index (χ1v) is 13.8. The van der Waals surface area contributed by atoms with E-state index in [1.54, 1.807) is 42.5 Å². The molecule has 37 heavy (non-hydrogen) atoms. The zero-order valence-corrected chi connectivity index (χ0v) is 21.0. The average molecular weight is 555 g/mol. The Morgan fingerprint density at radius 3 is 2.16 bits per heavy atom. The van der Waals surface area contributed by atoms with Crippen LogP contribution in [0, 0.1) is 10.1 Å². The van der Waals surface area contributed by atoms with Crippen molar-refractivity contribution < 1.29 is 21.8 Å². The van der Waals surface area contributed by atoms with E-state index < -0.39 is 29.9 Å². The van der Waals surface area contributed by atoms with Crippen LogP contribution in [0.2, 0.25) is 5.02 Å². The van der Waals surface area contributed by atoms with E-state index in [1.807, 2.05) is 0 Å². The van der Waals surface area contributed by atoms with Gasteiger partial charge in [-0.05, 0) is 30.3 Å². The predicted molar refractivity (Wildman–Crippen MR) is 136 cm³/mol. The van der Waals surface area contributed by atoms with Crippen LogP contribution in [-0.4, -0.2) is 35.7 Å². The molecule has 0 bridgehead atoms. The van der Waals surface area contributed by atoms with Crippen molar-refractivity contribution in [1.82, 2.24) is 13.9 Å². The first-order valence-electron chi connectivity index (χ1n) is 10.5. The van der Waals surface area contributed by atoms with Crippen LogP contribution in [0.1, 0.15) is 0 Å². The normalized spacial score (nSPS) is 12.0. The highest BCUT2D eigenvalue weighted by Gasteiger charge is 2.27. The summed E-state index contributed by atoms with van der Waals surface area (Å²) in [4.78, 5) is 18.1. The van der Waals surface area contributed by atoms with Crippen molar-refractivity contribution in [3.63, 3.8) is 0 Å². The molecule has 0 fully saturated rings. The number of hydrogen-bond acceptors (Lipinski definition) is 8. The minimum atomic E-state index is -4.28. The number of rotatable bonds is 6. The number of nitrogens with zero attached hydrogens (tertiary/aromatic N) is 4. The molecular formula is C24H15ClN4O6S2. The summed E-state index contributed by atoms with van der Waals surface area (Å²) in [5.74, 6) is 0. The van der Waals surface area contributed by atoms with Gasteiger partial charge >= 0.3 is 0 Å². The van der Waals surface area contributed by atoms with Crippen LogP contribution in [0.4, 0.5) is 5.69 Å². The van der Waals surface area contributed by atoms with Gasteiger partial charge in [-0.2, -0.15) is 0 Å². The molecule has 186 valence electrons. The van der Waals surface area contributed by atoms with Gasteiger partial charge in [-0.3, -0.25) is 10.1 Å². The monoisotopic (exact) mass is 554 g/mol. The van der Waals surface area contributed by atoms with Crippen molar-refractivity contribution in [3.05, 3.63) is 106 Å². The molecule has 10 nitrogen and oxygen atoms in total. The summed E-state index contributed by atoms with van der Waals surface area (Å²) in [5.41, 5.74) is 0.359. The lowest BCUT2D eigenvalue weighted by atomic mass is 10.1. The van der Waals surface area contributed by atoms with Gasteiger partial charge in [-0.1, -0.05) is 48.0 Å². The molecule has 0 aliphatic carbocycles. The third-order valence-electron chi connectivity index (χ3n) is 5.55. The van der Waals surface area contributed by atoms with E-state index in [4.69, 9.17) is 11.6 Å². The van der Waals surface area contributed by atoms with E-state index in [0.717, 1.165) is 34.4 Å². The summed E-state index contributed by atoms with van der Waals surface area (Å²) in [6.07, 6.45) is 2.45.